The molecule has 0 unspecified atom stereocenters. The second-order valence-electron chi connectivity index (χ2n) is 4.86. The van der Waals surface area contributed by atoms with Crippen LogP contribution in [-0.4, -0.2) is 23.2 Å². The Hall–Kier alpha value is -2.30. The second kappa shape index (κ2) is 8.15. The molecule has 0 aliphatic rings. The molecular formula is C15H8Cl2F4N2O3S. The van der Waals surface area contributed by atoms with Gasteiger partial charge in [0.2, 0.25) is 11.6 Å². The highest BCUT2D eigenvalue weighted by atomic mass is 35.5. The third-order valence-corrected chi connectivity index (χ3v) is 3.94. The topological polar surface area (TPSA) is 70.6 Å². The Morgan fingerprint density at radius 2 is 1.56 bits per heavy atom. The highest BCUT2D eigenvalue weighted by Gasteiger charge is 2.30. The van der Waals surface area contributed by atoms with Gasteiger partial charge in [-0.25, -0.2) is 8.78 Å². The van der Waals surface area contributed by atoms with Gasteiger partial charge in [0.25, 0.3) is 5.91 Å². The molecule has 0 atom stereocenters. The zero-order chi connectivity index (χ0) is 20.5. The molecule has 144 valence electrons. The summed E-state index contributed by atoms with van der Waals surface area (Å²) in [5.74, 6) is -10.9. The number of ether oxygens (including phenoxy) is 1. The summed E-state index contributed by atoms with van der Waals surface area (Å²) in [5, 5.41) is 12.9. The predicted octanol–water partition coefficient (Wildman–Crippen LogP) is 4.39. The van der Waals surface area contributed by atoms with Crippen LogP contribution in [0.25, 0.3) is 0 Å². The number of hydrogen-bond donors (Lipinski definition) is 3. The molecule has 0 saturated carbocycles. The smallest absolute Gasteiger partial charge is 0.263 e. The van der Waals surface area contributed by atoms with Crippen molar-refractivity contribution in [2.45, 2.75) is 0 Å². The summed E-state index contributed by atoms with van der Waals surface area (Å²) in [6.07, 6.45) is 0. The molecule has 0 spiro atoms. The minimum atomic E-state index is -1.96. The number of methoxy groups -OCH3 is 1. The van der Waals surface area contributed by atoms with Gasteiger partial charge in [0.05, 0.1) is 17.2 Å². The maximum Gasteiger partial charge on any atom is 0.263 e. The summed E-state index contributed by atoms with van der Waals surface area (Å²) in [4.78, 5) is 12.0. The summed E-state index contributed by atoms with van der Waals surface area (Å²) in [6.45, 7) is 0. The van der Waals surface area contributed by atoms with Gasteiger partial charge in [0.1, 0.15) is 5.56 Å². The van der Waals surface area contributed by atoms with Crippen molar-refractivity contribution in [3.63, 3.8) is 0 Å². The molecule has 3 N–H and O–H groups in total. The van der Waals surface area contributed by atoms with Crippen molar-refractivity contribution in [1.29, 1.82) is 0 Å². The fourth-order valence-corrected chi connectivity index (χ4v) is 2.65. The highest BCUT2D eigenvalue weighted by molar-refractivity contribution is 7.80. The Morgan fingerprint density at radius 1 is 1.07 bits per heavy atom. The van der Waals surface area contributed by atoms with E-state index in [4.69, 9.17) is 35.4 Å². The van der Waals surface area contributed by atoms with Crippen molar-refractivity contribution >= 4 is 52.1 Å². The number of carbonyl (C=O) groups excluding carboxylic acids is 1. The first kappa shape index (κ1) is 21.0. The lowest BCUT2D eigenvalue weighted by molar-refractivity contribution is 0.0966. The molecule has 5 nitrogen and oxygen atoms in total. The largest absolute Gasteiger partial charge is 0.505 e. The lowest BCUT2D eigenvalue weighted by atomic mass is 10.1. The maximum absolute atomic E-state index is 13.9. The number of aromatic hydroxyl groups is 1. The summed E-state index contributed by atoms with van der Waals surface area (Å²) >= 11 is 16.2. The van der Waals surface area contributed by atoms with Crippen LogP contribution in [0.5, 0.6) is 11.5 Å². The molecule has 0 aliphatic heterocycles. The van der Waals surface area contributed by atoms with E-state index in [1.807, 2.05) is 5.32 Å². The van der Waals surface area contributed by atoms with Crippen molar-refractivity contribution in [2.75, 3.05) is 12.4 Å². The van der Waals surface area contributed by atoms with Crippen LogP contribution in [0, 0.1) is 23.3 Å². The van der Waals surface area contributed by atoms with E-state index in [1.165, 1.54) is 12.1 Å². The number of anilines is 1. The van der Waals surface area contributed by atoms with E-state index in [9.17, 15) is 27.5 Å². The number of phenolic OH excluding ortho intramolecular Hbond substituents is 1. The summed E-state index contributed by atoms with van der Waals surface area (Å²) in [5.41, 5.74) is -1.42. The zero-order valence-corrected chi connectivity index (χ0v) is 15.4. The van der Waals surface area contributed by atoms with Crippen LogP contribution < -0.4 is 15.4 Å². The van der Waals surface area contributed by atoms with Gasteiger partial charge >= 0.3 is 0 Å². The summed E-state index contributed by atoms with van der Waals surface area (Å²) < 4.78 is 59.4. The van der Waals surface area contributed by atoms with Crippen molar-refractivity contribution < 1.29 is 32.2 Å². The molecule has 0 aliphatic carbocycles. The molecule has 1 amide bonds. The van der Waals surface area contributed by atoms with E-state index in [2.05, 4.69) is 10.1 Å². The molecule has 0 fully saturated rings. The van der Waals surface area contributed by atoms with Crippen LogP contribution in [0.1, 0.15) is 10.4 Å². The van der Waals surface area contributed by atoms with Gasteiger partial charge in [-0.05, 0) is 24.4 Å². The van der Waals surface area contributed by atoms with Crippen molar-refractivity contribution in [3.05, 3.63) is 51.0 Å². The van der Waals surface area contributed by atoms with Gasteiger partial charge in [-0.15, -0.1) is 0 Å². The Bertz CT molecular complexity index is 907. The first-order chi connectivity index (χ1) is 12.6. The Balaban J connectivity index is 2.26. The lowest BCUT2D eigenvalue weighted by Gasteiger charge is -2.13. The molecule has 0 heterocycles. The second-order valence-corrected chi connectivity index (χ2v) is 6.08. The van der Waals surface area contributed by atoms with Crippen LogP contribution in [0.15, 0.2) is 12.1 Å². The van der Waals surface area contributed by atoms with Crippen LogP contribution in [0.4, 0.5) is 23.2 Å². The first-order valence-corrected chi connectivity index (χ1v) is 7.95. The maximum atomic E-state index is 13.9. The van der Waals surface area contributed by atoms with Crippen LogP contribution in [0.2, 0.25) is 10.0 Å². The van der Waals surface area contributed by atoms with E-state index in [1.54, 1.807) is 0 Å². The number of benzene rings is 2. The quantitative estimate of drug-likeness (QED) is 0.284. The molecule has 0 aromatic heterocycles. The van der Waals surface area contributed by atoms with E-state index in [0.29, 0.717) is 0 Å². The molecule has 0 radical (unpaired) electrons. The zero-order valence-electron chi connectivity index (χ0n) is 13.1. The Labute approximate surface area is 164 Å². The van der Waals surface area contributed by atoms with Gasteiger partial charge in [0.15, 0.2) is 28.2 Å². The fourth-order valence-electron chi connectivity index (χ4n) is 1.96. The number of carbonyl (C=O) groups is 1. The van der Waals surface area contributed by atoms with Crippen molar-refractivity contribution in [2.24, 2.45) is 0 Å². The number of amides is 1. The lowest BCUT2D eigenvalue weighted by Crippen LogP contribution is -2.35. The van der Waals surface area contributed by atoms with E-state index >= 15 is 0 Å². The molecule has 12 heteroatoms. The number of phenols is 1. The molecule has 2 aromatic rings. The summed E-state index contributed by atoms with van der Waals surface area (Å²) in [7, 11) is 0.799. The van der Waals surface area contributed by atoms with Gasteiger partial charge < -0.3 is 15.2 Å². The Morgan fingerprint density at radius 3 is 2.00 bits per heavy atom. The average molecular weight is 443 g/mol. The monoisotopic (exact) mass is 442 g/mol. The summed E-state index contributed by atoms with van der Waals surface area (Å²) in [6, 6.07) is 2.38. The molecule has 2 aromatic carbocycles. The van der Waals surface area contributed by atoms with Gasteiger partial charge in [-0.1, -0.05) is 23.2 Å². The number of halogens is 6. The van der Waals surface area contributed by atoms with Crippen LogP contribution in [0.3, 0.4) is 0 Å². The normalized spacial score (nSPS) is 10.5. The van der Waals surface area contributed by atoms with E-state index in [0.717, 1.165) is 7.11 Å². The number of nitrogens with one attached hydrogen (secondary N) is 2. The fraction of sp³-hybridized carbons (Fsp3) is 0.0667. The van der Waals surface area contributed by atoms with Gasteiger partial charge in [0, 0.05) is 5.69 Å². The minimum absolute atomic E-state index is 0.112. The first-order valence-electron chi connectivity index (χ1n) is 6.78. The number of rotatable bonds is 3. The van der Waals surface area contributed by atoms with Gasteiger partial charge in [-0.2, -0.15) is 8.78 Å². The standard InChI is InChI=1S/C15H8Cl2F4N2O3S/c1-26-13-10(20)8(18)7(9(19)11(13)21)14(25)23-15(27)22-4-2-5(16)12(24)6(17)3-4/h2-3,24H,1H3,(H2,22,23,25,27). The molecule has 0 saturated heterocycles. The SMILES string of the molecule is COc1c(F)c(F)c(C(=O)NC(=S)Nc2cc(Cl)c(O)c(Cl)c2)c(F)c1F. The van der Waals surface area contributed by atoms with E-state index in [-0.39, 0.29) is 15.7 Å². The number of thiocarbonyl (C=S) groups is 1. The van der Waals surface area contributed by atoms with Crippen molar-refractivity contribution in [3.8, 4) is 11.5 Å². The molecule has 27 heavy (non-hydrogen) atoms. The third kappa shape index (κ3) is 4.18. The molecular weight excluding hydrogens is 435 g/mol. The molecule has 0 bridgehead atoms. The average Bonchev–Trinajstić information content (AvgIpc) is 2.58. The third-order valence-electron chi connectivity index (χ3n) is 3.16. The number of hydrogen-bond acceptors (Lipinski definition) is 4. The van der Waals surface area contributed by atoms with Crippen LogP contribution in [-0.2, 0) is 0 Å². The van der Waals surface area contributed by atoms with E-state index < -0.39 is 51.4 Å². The highest BCUT2D eigenvalue weighted by Crippen LogP contribution is 2.34. The van der Waals surface area contributed by atoms with Crippen LogP contribution >= 0.6 is 35.4 Å². The van der Waals surface area contributed by atoms with Crippen molar-refractivity contribution in [1.82, 2.24) is 5.32 Å². The molecule has 2 rings (SSSR count). The predicted molar refractivity (Wildman–Crippen MR) is 94.6 cm³/mol. The van der Waals surface area contributed by atoms with Gasteiger partial charge in [-0.3, -0.25) is 10.1 Å². The minimum Gasteiger partial charge on any atom is -0.505 e. The Kier molecular flexibility index (Phi) is 6.34.